The molecule has 2 aromatic rings. The second-order valence-corrected chi connectivity index (χ2v) is 8.47. The highest BCUT2D eigenvalue weighted by Crippen LogP contribution is 2.22. The van der Waals surface area contributed by atoms with Gasteiger partial charge >= 0.3 is 0 Å². The number of rotatable bonds is 5. The number of amides is 1. The van der Waals surface area contributed by atoms with E-state index in [1.807, 2.05) is 4.90 Å². The van der Waals surface area contributed by atoms with Crippen LogP contribution in [0.15, 0.2) is 34.9 Å². The lowest BCUT2D eigenvalue weighted by Gasteiger charge is -2.41. The monoisotopic (exact) mass is 409 g/mol. The van der Waals surface area contributed by atoms with E-state index in [2.05, 4.69) is 71.2 Å². The molecule has 3 heterocycles. The molecule has 1 fully saturated rings. The molecule has 0 spiro atoms. The average Bonchev–Trinajstić information content (AvgIpc) is 3.22. The van der Waals surface area contributed by atoms with Crippen molar-refractivity contribution in [1.29, 1.82) is 0 Å². The van der Waals surface area contributed by atoms with E-state index in [-0.39, 0.29) is 11.9 Å². The van der Waals surface area contributed by atoms with Crippen molar-refractivity contribution in [3.8, 4) is 0 Å². The van der Waals surface area contributed by atoms with Crippen LogP contribution >= 0.6 is 0 Å². The first-order valence-electron chi connectivity index (χ1n) is 10.8. The summed E-state index contributed by atoms with van der Waals surface area (Å²) in [6.45, 7) is 8.52. The zero-order valence-electron chi connectivity index (χ0n) is 18.2. The lowest BCUT2D eigenvalue weighted by atomic mass is 10.1. The minimum absolute atomic E-state index is 0.156. The van der Waals surface area contributed by atoms with Crippen molar-refractivity contribution in [2.24, 2.45) is 0 Å². The summed E-state index contributed by atoms with van der Waals surface area (Å²) in [6, 6.07) is 8.89. The molecule has 1 aromatic heterocycles. The van der Waals surface area contributed by atoms with Crippen LogP contribution < -0.4 is 4.90 Å². The van der Waals surface area contributed by atoms with E-state index in [1.54, 1.807) is 0 Å². The van der Waals surface area contributed by atoms with Crippen LogP contribution in [0.1, 0.15) is 37.0 Å². The van der Waals surface area contributed by atoms with Crippen LogP contribution in [0.4, 0.5) is 5.69 Å². The number of nitrogens with zero attached hydrogens (tertiary/aromatic N) is 5. The molecule has 30 heavy (non-hydrogen) atoms. The van der Waals surface area contributed by atoms with E-state index in [0.717, 1.165) is 44.7 Å². The highest BCUT2D eigenvalue weighted by atomic mass is 16.5. The average molecular weight is 410 g/mol. The van der Waals surface area contributed by atoms with Gasteiger partial charge in [-0.1, -0.05) is 28.9 Å². The van der Waals surface area contributed by atoms with Crippen molar-refractivity contribution in [3.05, 3.63) is 47.6 Å². The minimum Gasteiger partial charge on any atom is -0.365 e. The van der Waals surface area contributed by atoms with Gasteiger partial charge < -0.3 is 19.2 Å². The maximum absolute atomic E-state index is 12.8. The predicted octanol–water partition coefficient (Wildman–Crippen LogP) is 2.77. The predicted molar refractivity (Wildman–Crippen MR) is 117 cm³/mol. The van der Waals surface area contributed by atoms with Gasteiger partial charge in [0, 0.05) is 57.3 Å². The third-order valence-electron chi connectivity index (χ3n) is 6.07. The quantitative estimate of drug-likeness (QED) is 0.757. The Bertz CT molecular complexity index is 905. The standard InChI is InChI=1S/C23H31N5O2/c1-17-4-6-20(7-5-17)28-15-14-27(16-18(28)2)22(29)9-8-21-24-23(25-30-21)19-10-12-26(3)13-11-19/h4-7,10,18H,8-9,11-16H2,1-3H3. The highest BCUT2D eigenvalue weighted by molar-refractivity contribution is 5.76. The van der Waals surface area contributed by atoms with E-state index in [1.165, 1.54) is 11.3 Å². The highest BCUT2D eigenvalue weighted by Gasteiger charge is 2.27. The van der Waals surface area contributed by atoms with E-state index in [9.17, 15) is 4.79 Å². The van der Waals surface area contributed by atoms with Crippen LogP contribution in [0.25, 0.3) is 5.57 Å². The number of carbonyl (C=O) groups is 1. The molecule has 2 aliphatic heterocycles. The molecule has 7 nitrogen and oxygen atoms in total. The molecule has 4 rings (SSSR count). The number of benzene rings is 1. The van der Waals surface area contributed by atoms with Crippen LogP contribution in [0, 0.1) is 6.92 Å². The fourth-order valence-corrected chi connectivity index (χ4v) is 4.14. The number of anilines is 1. The summed E-state index contributed by atoms with van der Waals surface area (Å²) in [5.41, 5.74) is 3.62. The van der Waals surface area contributed by atoms with Gasteiger partial charge in [0.2, 0.25) is 11.8 Å². The summed E-state index contributed by atoms with van der Waals surface area (Å²) in [5, 5.41) is 4.11. The molecule has 160 valence electrons. The van der Waals surface area contributed by atoms with Crippen LogP contribution in [-0.4, -0.2) is 71.7 Å². The fraction of sp³-hybridized carbons (Fsp3) is 0.522. The normalized spacial score (nSPS) is 20.4. The molecule has 1 atom stereocenters. The molecule has 1 aromatic carbocycles. The number of aromatic nitrogens is 2. The van der Waals surface area contributed by atoms with Crippen LogP contribution in [0.3, 0.4) is 0 Å². The number of aryl methyl sites for hydroxylation is 2. The fourth-order valence-electron chi connectivity index (χ4n) is 4.14. The zero-order valence-corrected chi connectivity index (χ0v) is 18.2. The molecular weight excluding hydrogens is 378 g/mol. The Morgan fingerprint density at radius 1 is 1.20 bits per heavy atom. The van der Waals surface area contributed by atoms with Gasteiger partial charge in [0.1, 0.15) is 0 Å². The van der Waals surface area contributed by atoms with Gasteiger partial charge in [-0.15, -0.1) is 0 Å². The lowest BCUT2D eigenvalue weighted by molar-refractivity contribution is -0.132. The Labute approximate surface area is 178 Å². The molecule has 1 amide bonds. The van der Waals surface area contributed by atoms with Crippen LogP contribution in [0.5, 0.6) is 0 Å². The van der Waals surface area contributed by atoms with Crippen LogP contribution in [0.2, 0.25) is 0 Å². The van der Waals surface area contributed by atoms with E-state index in [0.29, 0.717) is 24.6 Å². The van der Waals surface area contributed by atoms with Crippen LogP contribution in [-0.2, 0) is 11.2 Å². The lowest BCUT2D eigenvalue weighted by Crippen LogP contribution is -2.53. The first kappa shape index (κ1) is 20.6. The Morgan fingerprint density at radius 2 is 2.00 bits per heavy atom. The third-order valence-corrected chi connectivity index (χ3v) is 6.07. The summed E-state index contributed by atoms with van der Waals surface area (Å²) in [6.07, 6.45) is 3.97. The Hall–Kier alpha value is -2.67. The first-order valence-corrected chi connectivity index (χ1v) is 10.8. The van der Waals surface area contributed by atoms with Crippen molar-refractivity contribution in [3.63, 3.8) is 0 Å². The number of hydrogen-bond donors (Lipinski definition) is 0. The summed E-state index contributed by atoms with van der Waals surface area (Å²) >= 11 is 0. The maximum Gasteiger partial charge on any atom is 0.227 e. The number of hydrogen-bond acceptors (Lipinski definition) is 6. The molecule has 7 heteroatoms. The molecule has 0 radical (unpaired) electrons. The Kier molecular flexibility index (Phi) is 6.18. The van der Waals surface area contributed by atoms with E-state index < -0.39 is 0 Å². The van der Waals surface area contributed by atoms with Gasteiger partial charge in [0.15, 0.2) is 5.82 Å². The summed E-state index contributed by atoms with van der Waals surface area (Å²) in [4.78, 5) is 23.9. The van der Waals surface area contributed by atoms with E-state index in [4.69, 9.17) is 4.52 Å². The third kappa shape index (κ3) is 4.73. The maximum atomic E-state index is 12.8. The summed E-state index contributed by atoms with van der Waals surface area (Å²) in [7, 11) is 2.10. The molecule has 0 saturated carbocycles. The van der Waals surface area contributed by atoms with Gasteiger partial charge in [-0.05, 0) is 45.0 Å². The number of piperazine rings is 1. The first-order chi connectivity index (χ1) is 14.5. The molecule has 1 saturated heterocycles. The number of likely N-dealkylation sites (N-methyl/N-ethyl adjacent to an activating group) is 1. The summed E-state index contributed by atoms with van der Waals surface area (Å²) < 4.78 is 5.39. The molecule has 1 unspecified atom stereocenters. The molecule has 0 aliphatic carbocycles. The Morgan fingerprint density at radius 3 is 2.70 bits per heavy atom. The van der Waals surface area contributed by atoms with Crippen molar-refractivity contribution in [2.75, 3.05) is 44.7 Å². The molecule has 0 bridgehead atoms. The number of carbonyl (C=O) groups excluding carboxylic acids is 1. The van der Waals surface area contributed by atoms with Crippen molar-refractivity contribution >= 4 is 17.2 Å². The SMILES string of the molecule is Cc1ccc(N2CCN(C(=O)CCc3nc(C4=CCN(C)CC4)no3)CC2C)cc1. The smallest absolute Gasteiger partial charge is 0.227 e. The van der Waals surface area contributed by atoms with Gasteiger partial charge in [-0.3, -0.25) is 4.79 Å². The Balaban J connectivity index is 1.28. The second-order valence-electron chi connectivity index (χ2n) is 8.47. The molecule has 0 N–H and O–H groups in total. The van der Waals surface area contributed by atoms with Crippen molar-refractivity contribution in [1.82, 2.24) is 19.9 Å². The molecular formula is C23H31N5O2. The zero-order chi connectivity index (χ0) is 21.1. The summed E-state index contributed by atoms with van der Waals surface area (Å²) in [5.74, 6) is 1.37. The van der Waals surface area contributed by atoms with Crippen molar-refractivity contribution < 1.29 is 9.32 Å². The largest absolute Gasteiger partial charge is 0.365 e. The minimum atomic E-state index is 0.156. The molecule has 2 aliphatic rings. The van der Waals surface area contributed by atoms with Gasteiger partial charge in [0.25, 0.3) is 0 Å². The topological polar surface area (TPSA) is 65.7 Å². The second kappa shape index (κ2) is 9.00. The van der Waals surface area contributed by atoms with Gasteiger partial charge in [-0.2, -0.15) is 4.98 Å². The van der Waals surface area contributed by atoms with Crippen molar-refractivity contribution in [2.45, 2.75) is 39.2 Å². The van der Waals surface area contributed by atoms with E-state index >= 15 is 0 Å². The van der Waals surface area contributed by atoms with Gasteiger partial charge in [0.05, 0.1) is 0 Å². The van der Waals surface area contributed by atoms with Gasteiger partial charge in [-0.25, -0.2) is 0 Å².